The first-order chi connectivity index (χ1) is 17.1. The van der Waals surface area contributed by atoms with Gasteiger partial charge in [0, 0.05) is 85.7 Å². The first-order valence-corrected chi connectivity index (χ1v) is 13.5. The van der Waals surface area contributed by atoms with E-state index in [0.717, 1.165) is 104 Å². The van der Waals surface area contributed by atoms with E-state index in [1.54, 1.807) is 7.05 Å². The molecule has 35 heavy (non-hydrogen) atoms. The summed E-state index contributed by atoms with van der Waals surface area (Å²) < 4.78 is 10.9. The molecule has 2 aliphatic rings. The Bertz CT molecular complexity index is 566. The van der Waals surface area contributed by atoms with Gasteiger partial charge in [-0.15, -0.1) is 0 Å². The number of nitrogens with zero attached hydrogens (tertiary/aromatic N) is 4. The number of amides is 2. The van der Waals surface area contributed by atoms with Crippen LogP contribution in [0.2, 0.25) is 0 Å². The van der Waals surface area contributed by atoms with E-state index in [-0.39, 0.29) is 25.0 Å². The molecule has 10 nitrogen and oxygen atoms in total. The van der Waals surface area contributed by atoms with E-state index in [0.29, 0.717) is 19.8 Å². The third-order valence-electron chi connectivity index (χ3n) is 6.83. The summed E-state index contributed by atoms with van der Waals surface area (Å²) in [4.78, 5) is 32.9. The molecular formula is C25H50N6O4. The van der Waals surface area contributed by atoms with Gasteiger partial charge in [0.05, 0.1) is 0 Å². The molecule has 2 heterocycles. The summed E-state index contributed by atoms with van der Waals surface area (Å²) in [5, 5.41) is 5.54. The highest BCUT2D eigenvalue weighted by molar-refractivity contribution is 5.77. The number of piperazine rings is 2. The van der Waals surface area contributed by atoms with Crippen molar-refractivity contribution in [2.24, 2.45) is 0 Å². The van der Waals surface area contributed by atoms with Crippen LogP contribution in [0.3, 0.4) is 0 Å². The van der Waals surface area contributed by atoms with Crippen molar-refractivity contribution < 1.29 is 19.1 Å². The van der Waals surface area contributed by atoms with Crippen molar-refractivity contribution in [2.75, 3.05) is 119 Å². The fourth-order valence-electron chi connectivity index (χ4n) is 4.37. The second kappa shape index (κ2) is 18.9. The van der Waals surface area contributed by atoms with Crippen molar-refractivity contribution >= 4 is 11.8 Å². The number of hydrogen-bond donors (Lipinski definition) is 2. The van der Waals surface area contributed by atoms with E-state index in [4.69, 9.17) is 9.47 Å². The highest BCUT2D eigenvalue weighted by Crippen LogP contribution is 2.05. The van der Waals surface area contributed by atoms with Crippen LogP contribution in [0.5, 0.6) is 0 Å². The van der Waals surface area contributed by atoms with Crippen LogP contribution in [0.15, 0.2) is 0 Å². The van der Waals surface area contributed by atoms with Gasteiger partial charge in [0.25, 0.3) is 0 Å². The number of rotatable bonds is 18. The topological polar surface area (TPSA) is 89.6 Å². The van der Waals surface area contributed by atoms with Crippen LogP contribution < -0.4 is 10.6 Å². The Kier molecular flexibility index (Phi) is 16.2. The van der Waals surface area contributed by atoms with Crippen LogP contribution >= 0.6 is 0 Å². The Labute approximate surface area is 212 Å². The van der Waals surface area contributed by atoms with Crippen LogP contribution in [0.4, 0.5) is 0 Å². The minimum absolute atomic E-state index is 0.0120. The molecule has 0 bridgehead atoms. The Balaban J connectivity index is 1.34. The lowest BCUT2D eigenvalue weighted by Gasteiger charge is -2.34. The lowest BCUT2D eigenvalue weighted by atomic mass is 10.2. The summed E-state index contributed by atoms with van der Waals surface area (Å²) in [5.74, 6) is -0.0830. The zero-order valence-corrected chi connectivity index (χ0v) is 22.3. The molecule has 2 fully saturated rings. The van der Waals surface area contributed by atoms with Crippen molar-refractivity contribution in [3.63, 3.8) is 0 Å². The second-order valence-electron chi connectivity index (χ2n) is 9.72. The van der Waals surface area contributed by atoms with Crippen molar-refractivity contribution in [1.82, 2.24) is 30.2 Å². The van der Waals surface area contributed by atoms with Crippen molar-refractivity contribution in [3.05, 3.63) is 0 Å². The lowest BCUT2D eigenvalue weighted by molar-refractivity contribution is -0.126. The minimum Gasteiger partial charge on any atom is -0.372 e. The number of hydrogen-bond acceptors (Lipinski definition) is 8. The van der Waals surface area contributed by atoms with Gasteiger partial charge in [0.1, 0.15) is 13.2 Å². The monoisotopic (exact) mass is 498 g/mol. The Morgan fingerprint density at radius 1 is 0.657 bits per heavy atom. The van der Waals surface area contributed by atoms with E-state index in [1.165, 1.54) is 0 Å². The average molecular weight is 499 g/mol. The van der Waals surface area contributed by atoms with Crippen LogP contribution in [-0.4, -0.2) is 150 Å². The molecule has 0 aromatic rings. The fraction of sp³-hybridized carbons (Fsp3) is 0.920. The predicted molar refractivity (Wildman–Crippen MR) is 139 cm³/mol. The standard InChI is InChI=1S/C25H50N6O4/c1-26-24(32)22-34-20-6-3-4-9-30-16-18-31(19-17-30)11-8-27-25(33)23-35-21-7-5-10-29-14-12-28(2)13-15-29/h3-23H2,1-2H3,(H,26,32)(H,27,33). The molecule has 2 saturated heterocycles. The van der Waals surface area contributed by atoms with Crippen molar-refractivity contribution in [1.29, 1.82) is 0 Å². The van der Waals surface area contributed by atoms with Gasteiger partial charge in [-0.1, -0.05) is 0 Å². The maximum absolute atomic E-state index is 12.0. The van der Waals surface area contributed by atoms with Crippen LogP contribution in [-0.2, 0) is 19.1 Å². The summed E-state index contributed by atoms with van der Waals surface area (Å²) in [6.45, 7) is 14.4. The van der Waals surface area contributed by atoms with Gasteiger partial charge >= 0.3 is 0 Å². The van der Waals surface area contributed by atoms with Crippen molar-refractivity contribution in [3.8, 4) is 0 Å². The molecule has 0 radical (unpaired) electrons. The normalized spacial score (nSPS) is 18.6. The number of unbranched alkanes of at least 4 members (excludes halogenated alkanes) is 3. The first kappa shape index (κ1) is 29.9. The Morgan fingerprint density at radius 3 is 1.74 bits per heavy atom. The number of ether oxygens (including phenoxy) is 2. The molecule has 0 saturated carbocycles. The highest BCUT2D eigenvalue weighted by Gasteiger charge is 2.16. The van der Waals surface area contributed by atoms with E-state index in [1.807, 2.05) is 0 Å². The molecule has 204 valence electrons. The minimum atomic E-state index is -0.0710. The van der Waals surface area contributed by atoms with Crippen molar-refractivity contribution in [2.45, 2.75) is 32.1 Å². The fourth-order valence-corrected chi connectivity index (χ4v) is 4.37. The Hall–Kier alpha value is -1.30. The molecule has 0 spiro atoms. The van der Waals surface area contributed by atoms with E-state index in [9.17, 15) is 9.59 Å². The number of likely N-dealkylation sites (N-methyl/N-ethyl adjacent to an activating group) is 2. The van der Waals surface area contributed by atoms with E-state index in [2.05, 4.69) is 37.3 Å². The van der Waals surface area contributed by atoms with Gasteiger partial charge in [-0.05, 0) is 52.2 Å². The molecule has 0 atom stereocenters. The molecular weight excluding hydrogens is 448 g/mol. The summed E-state index contributed by atoms with van der Waals surface area (Å²) >= 11 is 0. The number of nitrogens with one attached hydrogen (secondary N) is 2. The summed E-state index contributed by atoms with van der Waals surface area (Å²) in [6.07, 6.45) is 5.42. The predicted octanol–water partition coefficient (Wildman–Crippen LogP) is -0.303. The number of carbonyl (C=O) groups is 2. The van der Waals surface area contributed by atoms with Gasteiger partial charge in [0.15, 0.2) is 0 Å². The highest BCUT2D eigenvalue weighted by atomic mass is 16.5. The molecule has 0 aromatic carbocycles. The van der Waals surface area contributed by atoms with Gasteiger partial charge in [-0.25, -0.2) is 0 Å². The molecule has 2 aliphatic heterocycles. The lowest BCUT2D eigenvalue weighted by Crippen LogP contribution is -2.48. The van der Waals surface area contributed by atoms with Crippen LogP contribution in [0.1, 0.15) is 32.1 Å². The Morgan fingerprint density at radius 2 is 1.14 bits per heavy atom. The maximum atomic E-state index is 12.0. The quantitative estimate of drug-likeness (QED) is 0.249. The second-order valence-corrected chi connectivity index (χ2v) is 9.72. The van der Waals surface area contributed by atoms with Gasteiger partial charge in [-0.3, -0.25) is 14.5 Å². The van der Waals surface area contributed by atoms with E-state index < -0.39 is 0 Å². The molecule has 2 rings (SSSR count). The van der Waals surface area contributed by atoms with Crippen LogP contribution in [0, 0.1) is 0 Å². The number of carbonyl (C=O) groups excluding carboxylic acids is 2. The molecule has 0 aromatic heterocycles. The zero-order valence-electron chi connectivity index (χ0n) is 22.3. The SMILES string of the molecule is CNC(=O)COCCCCCN1CCN(CCNC(=O)COCCCCN2CCN(C)CC2)CC1. The molecule has 0 aliphatic carbocycles. The van der Waals surface area contributed by atoms with Gasteiger partial charge in [0.2, 0.25) is 11.8 Å². The molecule has 10 heteroatoms. The maximum Gasteiger partial charge on any atom is 0.246 e. The van der Waals surface area contributed by atoms with Gasteiger partial charge < -0.3 is 34.8 Å². The third kappa shape index (κ3) is 14.8. The largest absolute Gasteiger partial charge is 0.372 e. The van der Waals surface area contributed by atoms with Crippen LogP contribution in [0.25, 0.3) is 0 Å². The summed E-state index contributed by atoms with van der Waals surface area (Å²) in [6, 6.07) is 0. The molecule has 0 unspecified atom stereocenters. The summed E-state index contributed by atoms with van der Waals surface area (Å²) in [7, 11) is 3.80. The third-order valence-corrected chi connectivity index (χ3v) is 6.83. The van der Waals surface area contributed by atoms with Gasteiger partial charge in [-0.2, -0.15) is 0 Å². The molecule has 2 amide bonds. The summed E-state index contributed by atoms with van der Waals surface area (Å²) in [5.41, 5.74) is 0. The van der Waals surface area contributed by atoms with E-state index >= 15 is 0 Å². The smallest absolute Gasteiger partial charge is 0.246 e. The average Bonchev–Trinajstić information content (AvgIpc) is 2.87. The first-order valence-electron chi connectivity index (χ1n) is 13.5. The molecule has 2 N–H and O–H groups in total. The zero-order chi connectivity index (χ0) is 25.1.